The molecule has 44 heavy (non-hydrogen) atoms. The van der Waals surface area contributed by atoms with Gasteiger partial charge in [-0.2, -0.15) is 0 Å². The maximum atomic E-state index is 12.7. The number of H-pyrrole nitrogens is 2. The van der Waals surface area contributed by atoms with Gasteiger partial charge in [0, 0.05) is 48.4 Å². The number of hydrogen-bond acceptors (Lipinski definition) is 6. The molecule has 2 aromatic heterocycles. The van der Waals surface area contributed by atoms with Gasteiger partial charge in [-0.15, -0.1) is 0 Å². The predicted octanol–water partition coefficient (Wildman–Crippen LogP) is 4.42. The zero-order valence-corrected chi connectivity index (χ0v) is 24.9. The highest BCUT2D eigenvalue weighted by Crippen LogP contribution is 2.26. The van der Waals surface area contributed by atoms with Gasteiger partial charge in [0.15, 0.2) is 0 Å². The number of carbonyl (C=O) groups excluding carboxylic acids is 2. The van der Waals surface area contributed by atoms with E-state index in [9.17, 15) is 9.59 Å². The Labute approximate surface area is 256 Å². The van der Waals surface area contributed by atoms with Crippen LogP contribution in [0.2, 0.25) is 0 Å². The highest BCUT2D eigenvalue weighted by Gasteiger charge is 2.15. The van der Waals surface area contributed by atoms with Crippen LogP contribution in [0.1, 0.15) is 46.4 Å². The van der Waals surface area contributed by atoms with Crippen molar-refractivity contribution in [2.24, 2.45) is 0 Å². The van der Waals surface area contributed by atoms with Crippen molar-refractivity contribution in [3.8, 4) is 22.8 Å². The number of nitrogens with zero attached hydrogens (tertiary/aromatic N) is 4. The molecule has 0 radical (unpaired) electrons. The van der Waals surface area contributed by atoms with Crippen LogP contribution in [-0.4, -0.2) is 93.9 Å². The molecule has 7 rings (SSSR count). The molecule has 0 spiro atoms. The Bertz CT molecular complexity index is 1650. The Hall–Kier alpha value is -4.54. The third kappa shape index (κ3) is 6.22. The maximum absolute atomic E-state index is 12.7. The summed E-state index contributed by atoms with van der Waals surface area (Å²) >= 11 is 0. The molecule has 5 aromatic rings. The van der Waals surface area contributed by atoms with Crippen LogP contribution < -0.4 is 10.6 Å². The van der Waals surface area contributed by atoms with Crippen molar-refractivity contribution in [1.29, 1.82) is 0 Å². The fraction of sp³-hybridized carbons (Fsp3) is 0.353. The first kappa shape index (κ1) is 28.2. The molecule has 0 atom stereocenters. The van der Waals surface area contributed by atoms with E-state index in [1.54, 1.807) is 0 Å². The minimum atomic E-state index is -0.0669. The number of rotatable bonds is 10. The van der Waals surface area contributed by atoms with E-state index in [1.807, 2.05) is 60.7 Å². The van der Waals surface area contributed by atoms with E-state index in [-0.39, 0.29) is 11.8 Å². The lowest BCUT2D eigenvalue weighted by molar-refractivity contribution is 0.0941. The summed E-state index contributed by atoms with van der Waals surface area (Å²) < 4.78 is 0. The van der Waals surface area contributed by atoms with Crippen molar-refractivity contribution in [2.45, 2.75) is 25.7 Å². The summed E-state index contributed by atoms with van der Waals surface area (Å²) in [6.07, 6.45) is 4.99. The first-order valence-corrected chi connectivity index (χ1v) is 15.7. The zero-order valence-electron chi connectivity index (χ0n) is 24.9. The largest absolute Gasteiger partial charge is 0.351 e. The quantitative estimate of drug-likeness (QED) is 0.191. The average Bonchev–Trinajstić information content (AvgIpc) is 3.87. The summed E-state index contributed by atoms with van der Waals surface area (Å²) in [5.74, 6) is 1.34. The fourth-order valence-corrected chi connectivity index (χ4v) is 6.23. The smallest absolute Gasteiger partial charge is 0.251 e. The Balaban J connectivity index is 0.997. The molecule has 10 nitrogen and oxygen atoms in total. The van der Waals surface area contributed by atoms with Gasteiger partial charge in [0.05, 0.1) is 22.1 Å². The molecule has 226 valence electrons. The van der Waals surface area contributed by atoms with Crippen molar-refractivity contribution < 1.29 is 9.59 Å². The summed E-state index contributed by atoms with van der Waals surface area (Å²) in [5.41, 5.74) is 6.39. The van der Waals surface area contributed by atoms with Crippen LogP contribution >= 0.6 is 0 Å². The molecular weight excluding hydrogens is 552 g/mol. The number of fused-ring (bicyclic) bond motifs is 2. The average molecular weight is 591 g/mol. The van der Waals surface area contributed by atoms with Gasteiger partial charge in [-0.05, 0) is 88.3 Å². The van der Waals surface area contributed by atoms with E-state index in [2.05, 4.69) is 30.4 Å². The lowest BCUT2D eigenvalue weighted by atomic mass is 10.1. The van der Waals surface area contributed by atoms with Crippen molar-refractivity contribution in [1.82, 2.24) is 40.4 Å². The second-order valence-electron chi connectivity index (χ2n) is 11.8. The summed E-state index contributed by atoms with van der Waals surface area (Å²) in [4.78, 5) is 46.5. The highest BCUT2D eigenvalue weighted by molar-refractivity contribution is 5.98. The summed E-state index contributed by atoms with van der Waals surface area (Å²) in [6.45, 7) is 7.58. The van der Waals surface area contributed by atoms with E-state index >= 15 is 0 Å². The summed E-state index contributed by atoms with van der Waals surface area (Å²) in [7, 11) is 0. The fourth-order valence-electron chi connectivity index (χ4n) is 6.23. The number of aromatic nitrogens is 4. The van der Waals surface area contributed by atoms with E-state index in [0.29, 0.717) is 24.2 Å². The van der Waals surface area contributed by atoms with Crippen molar-refractivity contribution >= 4 is 33.9 Å². The summed E-state index contributed by atoms with van der Waals surface area (Å²) in [6, 6.07) is 19.2. The van der Waals surface area contributed by atoms with Gasteiger partial charge in [0.25, 0.3) is 11.8 Å². The molecule has 0 aliphatic carbocycles. The van der Waals surface area contributed by atoms with Crippen LogP contribution in [0.25, 0.3) is 44.8 Å². The predicted molar refractivity (Wildman–Crippen MR) is 173 cm³/mol. The van der Waals surface area contributed by atoms with Gasteiger partial charge in [0.1, 0.15) is 11.6 Å². The molecule has 0 saturated carbocycles. The number of amides is 2. The molecule has 2 fully saturated rings. The van der Waals surface area contributed by atoms with Gasteiger partial charge in [0.2, 0.25) is 0 Å². The molecule has 2 saturated heterocycles. The SMILES string of the molecule is O=C(NCCN1CCCC1)c1ccc2nc(-c3ccc(-c4nc5ccc(C(=O)NCCN6CCCC6)cc5[nH]4)cc3)[nH]c2c1. The molecule has 10 heteroatoms. The molecule has 4 N–H and O–H groups in total. The number of likely N-dealkylation sites (tertiary alicyclic amines) is 2. The lowest BCUT2D eigenvalue weighted by Crippen LogP contribution is -2.33. The van der Waals surface area contributed by atoms with E-state index in [1.165, 1.54) is 25.7 Å². The second-order valence-corrected chi connectivity index (χ2v) is 11.8. The molecule has 0 unspecified atom stereocenters. The van der Waals surface area contributed by atoms with Gasteiger partial charge in [-0.3, -0.25) is 9.59 Å². The Morgan fingerprint density at radius 2 is 1.02 bits per heavy atom. The number of benzene rings is 3. The molecule has 0 bridgehead atoms. The molecule has 2 amide bonds. The van der Waals surface area contributed by atoms with Gasteiger partial charge < -0.3 is 30.4 Å². The minimum Gasteiger partial charge on any atom is -0.351 e. The Kier molecular flexibility index (Phi) is 8.08. The zero-order chi connectivity index (χ0) is 29.9. The Morgan fingerprint density at radius 3 is 1.43 bits per heavy atom. The first-order chi connectivity index (χ1) is 21.6. The van der Waals surface area contributed by atoms with Crippen LogP contribution in [0.5, 0.6) is 0 Å². The Morgan fingerprint density at radius 1 is 0.614 bits per heavy atom. The molecule has 4 heterocycles. The number of hydrogen-bond donors (Lipinski definition) is 4. The van der Waals surface area contributed by atoms with Gasteiger partial charge >= 0.3 is 0 Å². The standard InChI is InChI=1S/C34H38N8O2/c43-33(35-13-19-41-15-1-2-16-41)25-9-11-27-29(21-25)39-31(37-27)23-5-7-24(8-6-23)32-38-28-12-10-26(22-30(28)40-32)34(44)36-14-20-42-17-3-4-18-42/h5-12,21-22H,1-4,13-20H2,(H,35,43)(H,36,44)(H,37,39)(H,38,40). The maximum Gasteiger partial charge on any atom is 0.251 e. The van der Waals surface area contributed by atoms with Crippen LogP contribution in [0, 0.1) is 0 Å². The van der Waals surface area contributed by atoms with E-state index in [0.717, 1.165) is 84.1 Å². The third-order valence-electron chi connectivity index (χ3n) is 8.74. The van der Waals surface area contributed by atoms with Crippen LogP contribution in [-0.2, 0) is 0 Å². The minimum absolute atomic E-state index is 0.0669. The van der Waals surface area contributed by atoms with Crippen LogP contribution in [0.4, 0.5) is 0 Å². The number of aromatic amines is 2. The van der Waals surface area contributed by atoms with Crippen LogP contribution in [0.15, 0.2) is 60.7 Å². The highest BCUT2D eigenvalue weighted by atomic mass is 16.2. The van der Waals surface area contributed by atoms with Crippen molar-refractivity contribution in [2.75, 3.05) is 52.4 Å². The molecule has 2 aliphatic heterocycles. The van der Waals surface area contributed by atoms with Crippen molar-refractivity contribution in [3.63, 3.8) is 0 Å². The summed E-state index contributed by atoms with van der Waals surface area (Å²) in [5, 5.41) is 6.08. The molecule has 3 aromatic carbocycles. The topological polar surface area (TPSA) is 122 Å². The van der Waals surface area contributed by atoms with Gasteiger partial charge in [-0.25, -0.2) is 9.97 Å². The molecule has 2 aliphatic rings. The number of carbonyl (C=O) groups is 2. The van der Waals surface area contributed by atoms with E-state index in [4.69, 9.17) is 9.97 Å². The number of nitrogens with one attached hydrogen (secondary N) is 4. The molecular formula is C34H38N8O2. The first-order valence-electron chi connectivity index (χ1n) is 15.7. The number of imidazole rings is 2. The normalized spacial score (nSPS) is 15.8. The van der Waals surface area contributed by atoms with E-state index < -0.39 is 0 Å². The van der Waals surface area contributed by atoms with Gasteiger partial charge in [-0.1, -0.05) is 24.3 Å². The lowest BCUT2D eigenvalue weighted by Gasteiger charge is -2.14. The van der Waals surface area contributed by atoms with Crippen molar-refractivity contribution in [3.05, 3.63) is 71.8 Å². The second kappa shape index (κ2) is 12.6. The third-order valence-corrected chi connectivity index (χ3v) is 8.74. The monoisotopic (exact) mass is 590 g/mol. The van der Waals surface area contributed by atoms with Crippen LogP contribution in [0.3, 0.4) is 0 Å².